The summed E-state index contributed by atoms with van der Waals surface area (Å²) in [5.74, 6) is 0.683. The standard InChI is InChI=1S/C56H52FN7O5/c1-34-45(57)30-46-44(33-64(61-46)56(38-17-9-4-10-18-38,39-19-11-5-12-20-39)40-21-13-6-14-22-40)47(34)48-49(37-23-24-37)58-51-50(52(48)68-35(2)36-15-7-3-8-16-36)59-54(69-43-25-27-67-28-26-43)60-53(51)62-31-42-29-41(62)32-63(42)55(65)66/h3-22,30,33,35,37,41-43H,23-29,31-32H2,1-2H3,(H,65,66)/t35-,41-,42-/m0/s1. The Morgan fingerprint density at radius 3 is 1.99 bits per heavy atom. The minimum absolute atomic E-state index is 0.0483. The third-order valence-corrected chi connectivity index (χ3v) is 14.7. The Kier molecular flexibility index (Phi) is 10.8. The highest BCUT2D eigenvalue weighted by Gasteiger charge is 2.48. The SMILES string of the molecule is Cc1c(F)cc2nn(C(c3ccccc3)(c3ccccc3)c3ccccc3)cc2c1-c1c(C2CC2)nc2c(N3C[C@@H]4C[C@H]3CN4C(=O)O)nc(OC3CCOCC3)nc2c1O[C@@H](C)c1ccccc1. The number of anilines is 1. The number of carbonyl (C=O) groups is 1. The van der Waals surface area contributed by atoms with Gasteiger partial charge in [0.25, 0.3) is 0 Å². The minimum atomic E-state index is -0.962. The van der Waals surface area contributed by atoms with Crippen molar-refractivity contribution in [2.75, 3.05) is 31.2 Å². The number of aromatic nitrogens is 5. The fourth-order valence-corrected chi connectivity index (χ4v) is 11.1. The van der Waals surface area contributed by atoms with Crippen LogP contribution in [0.5, 0.6) is 11.8 Å². The highest BCUT2D eigenvalue weighted by Crippen LogP contribution is 2.53. The van der Waals surface area contributed by atoms with Crippen molar-refractivity contribution in [3.8, 4) is 22.9 Å². The number of amides is 1. The van der Waals surface area contributed by atoms with Crippen LogP contribution in [0.15, 0.2) is 134 Å². The van der Waals surface area contributed by atoms with E-state index in [2.05, 4.69) is 47.5 Å². The molecule has 12 rings (SSSR count). The maximum Gasteiger partial charge on any atom is 0.407 e. The molecule has 0 unspecified atom stereocenters. The van der Waals surface area contributed by atoms with Crippen LogP contribution in [0.4, 0.5) is 15.0 Å². The number of nitrogens with zero attached hydrogens (tertiary/aromatic N) is 7. The Bertz CT molecular complexity index is 3110. The van der Waals surface area contributed by atoms with Gasteiger partial charge in [-0.25, -0.2) is 14.2 Å². The predicted molar refractivity (Wildman–Crippen MR) is 262 cm³/mol. The van der Waals surface area contributed by atoms with Crippen LogP contribution >= 0.6 is 0 Å². The van der Waals surface area contributed by atoms with E-state index in [-0.39, 0.29) is 30.1 Å². The Labute approximate surface area is 399 Å². The average Bonchev–Trinajstić information content (AvgIpc) is 3.82. The van der Waals surface area contributed by atoms with Crippen molar-refractivity contribution in [1.82, 2.24) is 29.6 Å². The Morgan fingerprint density at radius 2 is 1.41 bits per heavy atom. The van der Waals surface area contributed by atoms with Crippen LogP contribution in [0.25, 0.3) is 33.1 Å². The van der Waals surface area contributed by atoms with Gasteiger partial charge in [-0.3, -0.25) is 4.68 Å². The molecule has 2 bridgehead atoms. The van der Waals surface area contributed by atoms with Crippen LogP contribution in [0.1, 0.15) is 84.6 Å². The van der Waals surface area contributed by atoms with E-state index in [1.807, 2.05) is 103 Å². The lowest BCUT2D eigenvalue weighted by atomic mass is 9.77. The van der Waals surface area contributed by atoms with Crippen molar-refractivity contribution in [2.24, 2.45) is 0 Å². The second-order valence-corrected chi connectivity index (χ2v) is 18.9. The summed E-state index contributed by atoms with van der Waals surface area (Å²) in [6.45, 7) is 5.77. The molecule has 13 heteroatoms. The van der Waals surface area contributed by atoms with E-state index in [4.69, 9.17) is 34.3 Å². The van der Waals surface area contributed by atoms with Gasteiger partial charge in [-0.2, -0.15) is 15.1 Å². The monoisotopic (exact) mass is 921 g/mol. The van der Waals surface area contributed by atoms with Gasteiger partial charge in [0, 0.05) is 60.6 Å². The summed E-state index contributed by atoms with van der Waals surface area (Å²) in [4.78, 5) is 32.0. The number of halogens is 1. The van der Waals surface area contributed by atoms with E-state index < -0.39 is 23.6 Å². The van der Waals surface area contributed by atoms with Crippen molar-refractivity contribution in [1.29, 1.82) is 0 Å². The highest BCUT2D eigenvalue weighted by atomic mass is 19.1. The van der Waals surface area contributed by atoms with Gasteiger partial charge in [0.15, 0.2) is 11.6 Å². The molecule has 3 aliphatic heterocycles. The molecule has 0 radical (unpaired) electrons. The number of benzene rings is 5. The molecule has 5 aromatic carbocycles. The lowest BCUT2D eigenvalue weighted by Gasteiger charge is -2.36. The smallest absolute Gasteiger partial charge is 0.407 e. The first kappa shape index (κ1) is 42.9. The Hall–Kier alpha value is -7.38. The molecule has 4 aliphatic rings. The number of fused-ring (bicyclic) bond motifs is 4. The van der Waals surface area contributed by atoms with E-state index in [9.17, 15) is 9.90 Å². The molecule has 6 heterocycles. The van der Waals surface area contributed by atoms with Gasteiger partial charge in [-0.05, 0) is 60.9 Å². The molecular weight excluding hydrogens is 870 g/mol. The molecule has 8 aromatic rings. The molecule has 69 heavy (non-hydrogen) atoms. The topological polar surface area (TPSA) is 128 Å². The number of piperazine rings is 1. The normalized spacial score (nSPS) is 18.8. The lowest BCUT2D eigenvalue weighted by Crippen LogP contribution is -2.48. The zero-order valence-electron chi connectivity index (χ0n) is 38.5. The van der Waals surface area contributed by atoms with Crippen LogP contribution in [0.2, 0.25) is 0 Å². The van der Waals surface area contributed by atoms with Crippen molar-refractivity contribution in [2.45, 2.75) is 81.7 Å². The van der Waals surface area contributed by atoms with E-state index in [1.54, 1.807) is 0 Å². The minimum Gasteiger partial charge on any atom is -0.483 e. The number of likely N-dealkylation sites (tertiary alicyclic amines) is 1. The van der Waals surface area contributed by atoms with Crippen molar-refractivity contribution < 1.29 is 28.5 Å². The van der Waals surface area contributed by atoms with E-state index in [0.717, 1.165) is 46.2 Å². The summed E-state index contributed by atoms with van der Waals surface area (Å²) in [6.07, 6.45) is 4.31. The number of hydrogen-bond donors (Lipinski definition) is 1. The van der Waals surface area contributed by atoms with Gasteiger partial charge >= 0.3 is 12.1 Å². The number of rotatable bonds is 12. The third kappa shape index (κ3) is 7.41. The molecular formula is C56H52FN7O5. The maximum atomic E-state index is 17.1. The van der Waals surface area contributed by atoms with Crippen LogP contribution < -0.4 is 14.4 Å². The first-order valence-corrected chi connectivity index (χ1v) is 24.1. The van der Waals surface area contributed by atoms with Gasteiger partial charge in [0.1, 0.15) is 34.6 Å². The quantitative estimate of drug-likeness (QED) is 0.118. The summed E-state index contributed by atoms with van der Waals surface area (Å²) in [7, 11) is 0. The molecule has 0 spiro atoms. The first-order chi connectivity index (χ1) is 33.8. The number of pyridine rings is 1. The molecule has 1 N–H and O–H groups in total. The fraction of sp³-hybridized carbons (Fsp3) is 0.304. The molecule has 1 amide bonds. The van der Waals surface area contributed by atoms with E-state index >= 15 is 4.39 Å². The molecule has 1 saturated carbocycles. The fourth-order valence-electron chi connectivity index (χ4n) is 11.1. The number of hydrogen-bond acceptors (Lipinski definition) is 9. The van der Waals surface area contributed by atoms with Crippen molar-refractivity contribution in [3.05, 3.63) is 173 Å². The van der Waals surface area contributed by atoms with Gasteiger partial charge in [-0.1, -0.05) is 121 Å². The molecule has 348 valence electrons. The van der Waals surface area contributed by atoms with E-state index in [1.165, 1.54) is 11.0 Å². The average molecular weight is 922 g/mol. The summed E-state index contributed by atoms with van der Waals surface area (Å²) in [6, 6.07) is 42.5. The Morgan fingerprint density at radius 1 is 0.783 bits per heavy atom. The molecule has 3 saturated heterocycles. The van der Waals surface area contributed by atoms with Crippen molar-refractivity contribution >= 4 is 33.8 Å². The largest absolute Gasteiger partial charge is 0.483 e. The number of carboxylic acid groups (broad SMARTS) is 1. The summed E-state index contributed by atoms with van der Waals surface area (Å²) in [5.41, 5.74) is 6.94. The summed E-state index contributed by atoms with van der Waals surface area (Å²) >= 11 is 0. The van der Waals surface area contributed by atoms with Crippen LogP contribution in [0.3, 0.4) is 0 Å². The van der Waals surface area contributed by atoms with Crippen LogP contribution in [-0.4, -0.2) is 85.3 Å². The maximum absolute atomic E-state index is 17.1. The first-order valence-electron chi connectivity index (χ1n) is 24.1. The highest BCUT2D eigenvalue weighted by molar-refractivity contribution is 6.04. The van der Waals surface area contributed by atoms with Crippen LogP contribution in [0, 0.1) is 12.7 Å². The molecule has 1 aliphatic carbocycles. The van der Waals surface area contributed by atoms with Gasteiger partial charge in [0.05, 0.1) is 36.5 Å². The number of ether oxygens (including phenoxy) is 3. The zero-order chi connectivity index (χ0) is 46.8. The summed E-state index contributed by atoms with van der Waals surface area (Å²) in [5, 5.41) is 16.2. The summed E-state index contributed by atoms with van der Waals surface area (Å²) < 4.78 is 38.9. The zero-order valence-corrected chi connectivity index (χ0v) is 38.5. The molecule has 3 aromatic heterocycles. The van der Waals surface area contributed by atoms with Gasteiger partial charge < -0.3 is 29.1 Å². The molecule has 3 atom stereocenters. The van der Waals surface area contributed by atoms with Gasteiger partial charge in [0.2, 0.25) is 0 Å². The third-order valence-electron chi connectivity index (χ3n) is 14.7. The second kappa shape index (κ2) is 17.3. The second-order valence-electron chi connectivity index (χ2n) is 18.9. The van der Waals surface area contributed by atoms with Crippen molar-refractivity contribution in [3.63, 3.8) is 0 Å². The van der Waals surface area contributed by atoms with Crippen LogP contribution in [-0.2, 0) is 10.3 Å². The molecule has 12 nitrogen and oxygen atoms in total. The van der Waals surface area contributed by atoms with Gasteiger partial charge in [-0.15, -0.1) is 0 Å². The Balaban J connectivity index is 1.15. The lowest BCUT2D eigenvalue weighted by molar-refractivity contribution is 0.0218. The van der Waals surface area contributed by atoms with E-state index in [0.29, 0.717) is 90.4 Å². The molecule has 4 fully saturated rings. The predicted octanol–water partition coefficient (Wildman–Crippen LogP) is 10.8.